The lowest BCUT2D eigenvalue weighted by atomic mass is 10.1. The van der Waals surface area contributed by atoms with Gasteiger partial charge in [-0.3, -0.25) is 9.69 Å². The van der Waals surface area contributed by atoms with Crippen molar-refractivity contribution in [3.8, 4) is 0 Å². The van der Waals surface area contributed by atoms with E-state index in [-0.39, 0.29) is 5.91 Å². The first-order chi connectivity index (χ1) is 13.2. The fourth-order valence-corrected chi connectivity index (χ4v) is 4.06. The van der Waals surface area contributed by atoms with Crippen molar-refractivity contribution in [2.24, 2.45) is 0 Å². The molecule has 6 nitrogen and oxygen atoms in total. The van der Waals surface area contributed by atoms with Gasteiger partial charge >= 0.3 is 0 Å². The van der Waals surface area contributed by atoms with E-state index in [4.69, 9.17) is 0 Å². The minimum Gasteiger partial charge on any atom is -0.335 e. The van der Waals surface area contributed by atoms with Gasteiger partial charge in [0, 0.05) is 13.1 Å². The standard InChI is InChI=1S/C21H29N5O/c1-17-6-8-18(9-7-17)14-21(27)25-12-5-13-26-19(22-23-20(26)16-25)15-24-10-3-2-4-11-24/h6-9H,2-5,10-16H2,1H3. The van der Waals surface area contributed by atoms with E-state index in [1.165, 1.54) is 24.8 Å². The Bertz CT molecular complexity index is 776. The van der Waals surface area contributed by atoms with Gasteiger partial charge in [-0.1, -0.05) is 36.2 Å². The van der Waals surface area contributed by atoms with Crippen molar-refractivity contribution in [3.05, 3.63) is 47.0 Å². The third-order valence-electron chi connectivity index (χ3n) is 5.69. The van der Waals surface area contributed by atoms with Crippen molar-refractivity contribution in [1.82, 2.24) is 24.6 Å². The van der Waals surface area contributed by atoms with Crippen molar-refractivity contribution in [2.75, 3.05) is 19.6 Å². The number of hydrogen-bond acceptors (Lipinski definition) is 4. The van der Waals surface area contributed by atoms with Crippen molar-refractivity contribution >= 4 is 5.91 Å². The number of hydrogen-bond donors (Lipinski definition) is 0. The van der Waals surface area contributed by atoms with Gasteiger partial charge in [0.2, 0.25) is 5.91 Å². The molecule has 1 saturated heterocycles. The van der Waals surface area contributed by atoms with E-state index < -0.39 is 0 Å². The first-order valence-electron chi connectivity index (χ1n) is 10.2. The number of carbonyl (C=O) groups excluding carboxylic acids is 1. The van der Waals surface area contributed by atoms with E-state index >= 15 is 0 Å². The number of nitrogens with zero attached hydrogens (tertiary/aromatic N) is 5. The van der Waals surface area contributed by atoms with Crippen LogP contribution in [0.3, 0.4) is 0 Å². The molecule has 6 heteroatoms. The molecule has 0 atom stereocenters. The van der Waals surface area contributed by atoms with Crippen LogP contribution in [0.4, 0.5) is 0 Å². The number of amides is 1. The van der Waals surface area contributed by atoms with Crippen LogP contribution in [0.25, 0.3) is 0 Å². The fourth-order valence-electron chi connectivity index (χ4n) is 4.06. The SMILES string of the molecule is Cc1ccc(CC(=O)N2CCCn3c(CN4CCCCC4)nnc3C2)cc1. The van der Waals surface area contributed by atoms with Crippen LogP contribution in [0.1, 0.15) is 48.5 Å². The number of piperidine rings is 1. The highest BCUT2D eigenvalue weighted by atomic mass is 16.2. The third kappa shape index (κ3) is 4.38. The summed E-state index contributed by atoms with van der Waals surface area (Å²) in [5, 5.41) is 8.88. The van der Waals surface area contributed by atoms with E-state index in [1.807, 2.05) is 17.0 Å². The van der Waals surface area contributed by atoms with Crippen LogP contribution in [-0.4, -0.2) is 50.1 Å². The molecule has 2 aromatic rings. The van der Waals surface area contributed by atoms with E-state index in [1.54, 1.807) is 0 Å². The molecule has 0 N–H and O–H groups in total. The normalized spacial score (nSPS) is 18.2. The van der Waals surface area contributed by atoms with Gasteiger partial charge in [-0.25, -0.2) is 0 Å². The summed E-state index contributed by atoms with van der Waals surface area (Å²) < 4.78 is 2.24. The number of carbonyl (C=O) groups is 1. The molecule has 27 heavy (non-hydrogen) atoms. The average molecular weight is 367 g/mol. The first kappa shape index (κ1) is 18.2. The largest absolute Gasteiger partial charge is 0.335 e. The van der Waals surface area contributed by atoms with Gasteiger partial charge in [-0.05, 0) is 44.8 Å². The minimum atomic E-state index is 0.174. The van der Waals surface area contributed by atoms with E-state index in [0.717, 1.165) is 56.4 Å². The topological polar surface area (TPSA) is 54.3 Å². The summed E-state index contributed by atoms with van der Waals surface area (Å²) in [5.41, 5.74) is 2.29. The fraction of sp³-hybridized carbons (Fsp3) is 0.571. The molecule has 0 bridgehead atoms. The molecule has 2 aliphatic heterocycles. The Kier molecular flexibility index (Phi) is 5.53. The zero-order chi connectivity index (χ0) is 18.6. The number of fused-ring (bicyclic) bond motifs is 1. The summed E-state index contributed by atoms with van der Waals surface area (Å²) in [7, 11) is 0. The van der Waals surface area contributed by atoms with Crippen molar-refractivity contribution in [3.63, 3.8) is 0 Å². The summed E-state index contributed by atoms with van der Waals surface area (Å²) in [6.45, 7) is 7.51. The van der Waals surface area contributed by atoms with Crippen LogP contribution in [0, 0.1) is 6.92 Å². The van der Waals surface area contributed by atoms with Gasteiger partial charge in [0.1, 0.15) is 5.82 Å². The zero-order valence-electron chi connectivity index (χ0n) is 16.2. The molecule has 4 rings (SSSR count). The summed E-state index contributed by atoms with van der Waals surface area (Å²) in [6.07, 6.45) is 5.31. The van der Waals surface area contributed by atoms with Gasteiger partial charge in [0.25, 0.3) is 0 Å². The molecule has 0 spiro atoms. The second-order valence-electron chi connectivity index (χ2n) is 7.85. The first-order valence-corrected chi connectivity index (χ1v) is 10.2. The molecule has 1 aromatic carbocycles. The van der Waals surface area contributed by atoms with E-state index in [9.17, 15) is 4.79 Å². The number of aromatic nitrogens is 3. The molecule has 0 radical (unpaired) electrons. The summed E-state index contributed by atoms with van der Waals surface area (Å²) >= 11 is 0. The maximum Gasteiger partial charge on any atom is 0.227 e. The Labute approximate surface area is 161 Å². The average Bonchev–Trinajstić information content (AvgIpc) is 2.92. The monoisotopic (exact) mass is 367 g/mol. The predicted octanol–water partition coefficient (Wildman–Crippen LogP) is 2.55. The van der Waals surface area contributed by atoms with Crippen molar-refractivity contribution in [2.45, 2.75) is 58.7 Å². The Hall–Kier alpha value is -2.21. The lowest BCUT2D eigenvalue weighted by molar-refractivity contribution is -0.131. The van der Waals surface area contributed by atoms with Crippen LogP contribution in [0.5, 0.6) is 0 Å². The van der Waals surface area contributed by atoms with Gasteiger partial charge in [-0.15, -0.1) is 10.2 Å². The third-order valence-corrected chi connectivity index (χ3v) is 5.69. The summed E-state index contributed by atoms with van der Waals surface area (Å²) in [6, 6.07) is 8.22. The van der Waals surface area contributed by atoms with E-state index in [0.29, 0.717) is 13.0 Å². The molecule has 0 unspecified atom stereocenters. The highest BCUT2D eigenvalue weighted by molar-refractivity contribution is 5.78. The summed E-state index contributed by atoms with van der Waals surface area (Å²) in [5.74, 6) is 2.16. The highest BCUT2D eigenvalue weighted by Gasteiger charge is 2.23. The molecule has 2 aliphatic rings. The smallest absolute Gasteiger partial charge is 0.227 e. The Morgan fingerprint density at radius 1 is 0.963 bits per heavy atom. The molecule has 144 valence electrons. The maximum absolute atomic E-state index is 12.8. The number of rotatable bonds is 4. The van der Waals surface area contributed by atoms with Gasteiger partial charge in [0.15, 0.2) is 5.82 Å². The van der Waals surface area contributed by atoms with Gasteiger partial charge < -0.3 is 9.47 Å². The zero-order valence-corrected chi connectivity index (χ0v) is 16.2. The number of benzene rings is 1. The lowest BCUT2D eigenvalue weighted by Gasteiger charge is -2.25. The van der Waals surface area contributed by atoms with Crippen LogP contribution in [-0.2, 0) is 30.8 Å². The van der Waals surface area contributed by atoms with Crippen LogP contribution in [0.2, 0.25) is 0 Å². The van der Waals surface area contributed by atoms with E-state index in [2.05, 4.69) is 38.7 Å². The van der Waals surface area contributed by atoms with Gasteiger partial charge in [-0.2, -0.15) is 0 Å². The maximum atomic E-state index is 12.8. The molecule has 1 fully saturated rings. The molecular weight excluding hydrogens is 338 g/mol. The molecule has 1 aromatic heterocycles. The van der Waals surface area contributed by atoms with Crippen molar-refractivity contribution in [1.29, 1.82) is 0 Å². The lowest BCUT2D eigenvalue weighted by Crippen LogP contribution is -2.32. The Balaban J connectivity index is 1.42. The minimum absolute atomic E-state index is 0.174. The molecule has 1 amide bonds. The molecule has 0 aliphatic carbocycles. The predicted molar refractivity (Wildman–Crippen MR) is 104 cm³/mol. The van der Waals surface area contributed by atoms with Gasteiger partial charge in [0.05, 0.1) is 19.5 Å². The number of aryl methyl sites for hydroxylation is 1. The molecule has 3 heterocycles. The van der Waals surface area contributed by atoms with Crippen LogP contribution in [0.15, 0.2) is 24.3 Å². The quantitative estimate of drug-likeness (QED) is 0.833. The van der Waals surface area contributed by atoms with Crippen LogP contribution < -0.4 is 0 Å². The second kappa shape index (κ2) is 8.21. The van der Waals surface area contributed by atoms with Crippen molar-refractivity contribution < 1.29 is 4.79 Å². The number of likely N-dealkylation sites (tertiary alicyclic amines) is 1. The Morgan fingerprint density at radius 3 is 2.52 bits per heavy atom. The highest BCUT2D eigenvalue weighted by Crippen LogP contribution is 2.17. The van der Waals surface area contributed by atoms with Crippen LogP contribution >= 0.6 is 0 Å². The summed E-state index contributed by atoms with van der Waals surface area (Å²) in [4.78, 5) is 17.2. The molecule has 0 saturated carbocycles. The Morgan fingerprint density at radius 2 is 1.74 bits per heavy atom. The second-order valence-corrected chi connectivity index (χ2v) is 7.85. The molecular formula is C21H29N5O.